The normalized spacial score (nSPS) is 10.5. The third kappa shape index (κ3) is 3.21. The van der Waals surface area contributed by atoms with Gasteiger partial charge in [0.05, 0.1) is 0 Å². The molecule has 0 bridgehead atoms. The number of anilines is 1. The molecule has 0 N–H and O–H groups in total. The zero-order valence-corrected chi connectivity index (χ0v) is 12.9. The van der Waals surface area contributed by atoms with Crippen molar-refractivity contribution in [2.45, 2.75) is 20.8 Å². The lowest BCUT2D eigenvalue weighted by atomic mass is 10.1. The lowest BCUT2D eigenvalue weighted by molar-refractivity contribution is 0.0988. The number of aryl methyl sites for hydroxylation is 3. The predicted molar refractivity (Wildman–Crippen MR) is 84.9 cm³/mol. The Bertz CT molecular complexity index is 712. The van der Waals surface area contributed by atoms with Crippen LogP contribution in [0.25, 0.3) is 0 Å². The minimum Gasteiger partial charge on any atom is -0.319 e. The first-order valence-electron chi connectivity index (χ1n) is 6.99. The largest absolute Gasteiger partial charge is 0.319 e. The van der Waals surface area contributed by atoms with Crippen LogP contribution < -0.4 is 10.5 Å². The summed E-state index contributed by atoms with van der Waals surface area (Å²) >= 11 is 0. The highest BCUT2D eigenvalue weighted by atomic mass is 16.2. The molecule has 1 heterocycles. The molecule has 0 atom stereocenters. The third-order valence-electron chi connectivity index (χ3n) is 3.43. The maximum atomic E-state index is 12.6. The smallest absolute Gasteiger partial charge is 0.258 e. The van der Waals surface area contributed by atoms with E-state index in [4.69, 9.17) is 0 Å². The van der Waals surface area contributed by atoms with Gasteiger partial charge in [0.25, 0.3) is 11.5 Å². The summed E-state index contributed by atoms with van der Waals surface area (Å²) < 4.78 is 1.45. The summed E-state index contributed by atoms with van der Waals surface area (Å²) in [5, 5.41) is 0. The van der Waals surface area contributed by atoms with Gasteiger partial charge < -0.3 is 9.47 Å². The van der Waals surface area contributed by atoms with Crippen LogP contribution in [0.1, 0.15) is 28.4 Å². The quantitative estimate of drug-likeness (QED) is 0.869. The van der Waals surface area contributed by atoms with Crippen LogP contribution in [0.3, 0.4) is 0 Å². The fourth-order valence-electron chi connectivity index (χ4n) is 2.39. The lowest BCUT2D eigenvalue weighted by Crippen LogP contribution is -2.32. The first-order valence-corrected chi connectivity index (χ1v) is 6.99. The SMILES string of the molecule is CCN(C(=O)c1ccn(C)c(=O)c1)c1cc(C)cc(C)c1. The first kappa shape index (κ1) is 15.0. The van der Waals surface area contributed by atoms with Gasteiger partial charge in [0.2, 0.25) is 0 Å². The summed E-state index contributed by atoms with van der Waals surface area (Å²) in [5.74, 6) is -0.153. The van der Waals surface area contributed by atoms with Crippen LogP contribution in [0, 0.1) is 13.8 Å². The molecule has 21 heavy (non-hydrogen) atoms. The maximum absolute atomic E-state index is 12.6. The molecule has 0 radical (unpaired) electrons. The Morgan fingerprint density at radius 3 is 2.29 bits per heavy atom. The van der Waals surface area contributed by atoms with Gasteiger partial charge in [-0.1, -0.05) is 6.07 Å². The number of pyridine rings is 1. The van der Waals surface area contributed by atoms with Crippen LogP contribution >= 0.6 is 0 Å². The van der Waals surface area contributed by atoms with E-state index in [1.54, 1.807) is 24.2 Å². The van der Waals surface area contributed by atoms with Gasteiger partial charge in [-0.25, -0.2) is 0 Å². The average Bonchev–Trinajstić information content (AvgIpc) is 2.41. The second-order valence-corrected chi connectivity index (χ2v) is 5.26. The molecule has 0 saturated carbocycles. The van der Waals surface area contributed by atoms with E-state index in [-0.39, 0.29) is 11.5 Å². The van der Waals surface area contributed by atoms with Gasteiger partial charge in [0.15, 0.2) is 0 Å². The van der Waals surface area contributed by atoms with E-state index >= 15 is 0 Å². The molecule has 0 saturated heterocycles. The molecule has 1 amide bonds. The van der Waals surface area contributed by atoms with E-state index in [1.165, 1.54) is 10.6 Å². The fourth-order valence-corrected chi connectivity index (χ4v) is 2.39. The Labute approximate surface area is 124 Å². The molecule has 1 aromatic heterocycles. The number of carbonyl (C=O) groups is 1. The maximum Gasteiger partial charge on any atom is 0.258 e. The molecule has 0 aliphatic rings. The monoisotopic (exact) mass is 284 g/mol. The third-order valence-corrected chi connectivity index (χ3v) is 3.43. The van der Waals surface area contributed by atoms with Gasteiger partial charge in [0, 0.05) is 37.1 Å². The van der Waals surface area contributed by atoms with Crippen molar-refractivity contribution < 1.29 is 4.79 Å². The zero-order chi connectivity index (χ0) is 15.6. The number of hydrogen-bond acceptors (Lipinski definition) is 2. The van der Waals surface area contributed by atoms with Gasteiger partial charge in [-0.3, -0.25) is 9.59 Å². The van der Waals surface area contributed by atoms with Crippen molar-refractivity contribution in [2.24, 2.45) is 7.05 Å². The number of benzene rings is 1. The summed E-state index contributed by atoms with van der Waals surface area (Å²) in [6, 6.07) is 9.09. The van der Waals surface area contributed by atoms with Crippen molar-refractivity contribution in [1.82, 2.24) is 4.57 Å². The van der Waals surface area contributed by atoms with Crippen LogP contribution in [0.2, 0.25) is 0 Å². The molecule has 2 rings (SSSR count). The summed E-state index contributed by atoms with van der Waals surface area (Å²) in [7, 11) is 1.66. The van der Waals surface area contributed by atoms with Crippen LogP contribution in [-0.4, -0.2) is 17.0 Å². The zero-order valence-electron chi connectivity index (χ0n) is 12.9. The van der Waals surface area contributed by atoms with Crippen molar-refractivity contribution in [1.29, 1.82) is 0 Å². The first-order chi connectivity index (χ1) is 9.92. The molecule has 0 spiro atoms. The number of rotatable bonds is 3. The number of amides is 1. The Morgan fingerprint density at radius 1 is 1.14 bits per heavy atom. The Kier molecular flexibility index (Phi) is 4.26. The van der Waals surface area contributed by atoms with Crippen molar-refractivity contribution in [3.05, 3.63) is 63.6 Å². The van der Waals surface area contributed by atoms with Gasteiger partial charge >= 0.3 is 0 Å². The molecule has 4 nitrogen and oxygen atoms in total. The van der Waals surface area contributed by atoms with Crippen molar-refractivity contribution >= 4 is 11.6 Å². The minimum atomic E-state index is -0.183. The van der Waals surface area contributed by atoms with Crippen molar-refractivity contribution in [2.75, 3.05) is 11.4 Å². The summed E-state index contributed by atoms with van der Waals surface area (Å²) in [6.07, 6.45) is 1.62. The summed E-state index contributed by atoms with van der Waals surface area (Å²) in [6.45, 7) is 6.49. The molecule has 110 valence electrons. The Balaban J connectivity index is 2.42. The van der Waals surface area contributed by atoms with E-state index in [2.05, 4.69) is 6.07 Å². The Morgan fingerprint density at radius 2 is 1.76 bits per heavy atom. The van der Waals surface area contributed by atoms with E-state index in [0.29, 0.717) is 12.1 Å². The van der Waals surface area contributed by atoms with E-state index < -0.39 is 0 Å². The molecule has 2 aromatic rings. The molecule has 0 aliphatic heterocycles. The number of carbonyl (C=O) groups excluding carboxylic acids is 1. The van der Waals surface area contributed by atoms with Gasteiger partial charge in [-0.05, 0) is 50.1 Å². The molecule has 0 aliphatic carbocycles. The van der Waals surface area contributed by atoms with Gasteiger partial charge in [-0.15, -0.1) is 0 Å². The number of aromatic nitrogens is 1. The molecular formula is C17H20N2O2. The van der Waals surface area contributed by atoms with E-state index in [1.807, 2.05) is 32.9 Å². The Hall–Kier alpha value is -2.36. The molecule has 0 fully saturated rings. The standard InChI is InChI=1S/C17H20N2O2/c1-5-19(15-9-12(2)8-13(3)10-15)17(21)14-6-7-18(4)16(20)11-14/h6-11H,5H2,1-4H3. The highest BCUT2D eigenvalue weighted by molar-refractivity contribution is 6.06. The van der Waals surface area contributed by atoms with Crippen LogP contribution in [0.15, 0.2) is 41.3 Å². The number of nitrogens with zero attached hydrogens (tertiary/aromatic N) is 2. The second kappa shape index (κ2) is 5.95. The highest BCUT2D eigenvalue weighted by Crippen LogP contribution is 2.20. The molecule has 4 heteroatoms. The summed E-state index contributed by atoms with van der Waals surface area (Å²) in [4.78, 5) is 26.0. The minimum absolute atomic E-state index is 0.153. The van der Waals surface area contributed by atoms with E-state index in [9.17, 15) is 9.59 Å². The topological polar surface area (TPSA) is 42.3 Å². The van der Waals surface area contributed by atoms with Crippen molar-refractivity contribution in [3.63, 3.8) is 0 Å². The second-order valence-electron chi connectivity index (χ2n) is 5.26. The predicted octanol–water partition coefficient (Wildman–Crippen LogP) is 2.67. The van der Waals surface area contributed by atoms with E-state index in [0.717, 1.165) is 16.8 Å². The highest BCUT2D eigenvalue weighted by Gasteiger charge is 2.17. The molecule has 0 unspecified atom stereocenters. The lowest BCUT2D eigenvalue weighted by Gasteiger charge is -2.22. The average molecular weight is 284 g/mol. The van der Waals surface area contributed by atoms with Crippen LogP contribution in [0.4, 0.5) is 5.69 Å². The number of hydrogen-bond donors (Lipinski definition) is 0. The summed E-state index contributed by atoms with van der Waals surface area (Å²) in [5.41, 5.74) is 3.32. The van der Waals surface area contributed by atoms with Gasteiger partial charge in [-0.2, -0.15) is 0 Å². The molecular weight excluding hydrogens is 264 g/mol. The van der Waals surface area contributed by atoms with Crippen LogP contribution in [-0.2, 0) is 7.05 Å². The van der Waals surface area contributed by atoms with Gasteiger partial charge in [0.1, 0.15) is 0 Å². The van der Waals surface area contributed by atoms with Crippen molar-refractivity contribution in [3.8, 4) is 0 Å². The fraction of sp³-hybridized carbons (Fsp3) is 0.294. The molecule has 1 aromatic carbocycles. The van der Waals surface area contributed by atoms with Crippen LogP contribution in [0.5, 0.6) is 0 Å².